The van der Waals surface area contributed by atoms with Gasteiger partial charge in [-0.2, -0.15) is 0 Å². The smallest absolute Gasteiger partial charge is 0.224 e. The molecule has 4 nitrogen and oxygen atoms in total. The van der Waals surface area contributed by atoms with Crippen molar-refractivity contribution in [3.8, 4) is 5.75 Å². The van der Waals surface area contributed by atoms with Crippen molar-refractivity contribution in [3.05, 3.63) is 65.2 Å². The Morgan fingerprint density at radius 1 is 1.17 bits per heavy atom. The summed E-state index contributed by atoms with van der Waals surface area (Å²) in [6, 6.07) is 15.4. The van der Waals surface area contributed by atoms with E-state index >= 15 is 0 Å². The Bertz CT molecular complexity index is 678. The summed E-state index contributed by atoms with van der Waals surface area (Å²) in [5.74, 6) is 0.695. The highest BCUT2D eigenvalue weighted by molar-refractivity contribution is 5.78. The van der Waals surface area contributed by atoms with E-state index in [9.17, 15) is 9.90 Å². The molecule has 1 amide bonds. The third kappa shape index (κ3) is 5.70. The molecule has 1 atom stereocenters. The Morgan fingerprint density at radius 2 is 1.88 bits per heavy atom. The molecule has 2 rings (SSSR count). The van der Waals surface area contributed by atoms with Crippen LogP contribution in [0.15, 0.2) is 48.5 Å². The monoisotopic (exact) mass is 327 g/mol. The van der Waals surface area contributed by atoms with Crippen molar-refractivity contribution in [2.75, 3.05) is 13.7 Å². The SMILES string of the molecule is COc1ccc(CC(C)(O)CNC(=O)Cc2cccc(C)c2)cc1. The van der Waals surface area contributed by atoms with Crippen LogP contribution in [-0.4, -0.2) is 30.3 Å². The molecule has 24 heavy (non-hydrogen) atoms. The summed E-state index contributed by atoms with van der Waals surface area (Å²) in [6.45, 7) is 3.94. The number of aryl methyl sites for hydroxylation is 1. The average Bonchev–Trinajstić information content (AvgIpc) is 2.53. The van der Waals surface area contributed by atoms with Crippen molar-refractivity contribution < 1.29 is 14.6 Å². The van der Waals surface area contributed by atoms with Crippen LogP contribution >= 0.6 is 0 Å². The van der Waals surface area contributed by atoms with Crippen molar-refractivity contribution in [2.24, 2.45) is 0 Å². The third-order valence-corrected chi connectivity index (χ3v) is 3.86. The Morgan fingerprint density at radius 3 is 2.50 bits per heavy atom. The number of nitrogens with one attached hydrogen (secondary N) is 1. The predicted octanol–water partition coefficient (Wildman–Crippen LogP) is 2.66. The summed E-state index contributed by atoms with van der Waals surface area (Å²) in [7, 11) is 1.62. The minimum atomic E-state index is -1.00. The van der Waals surface area contributed by atoms with Gasteiger partial charge in [0.25, 0.3) is 0 Å². The maximum absolute atomic E-state index is 12.1. The van der Waals surface area contributed by atoms with Crippen LogP contribution in [0.3, 0.4) is 0 Å². The molecule has 0 saturated heterocycles. The highest BCUT2D eigenvalue weighted by Crippen LogP contribution is 2.16. The lowest BCUT2D eigenvalue weighted by atomic mass is 9.96. The number of aliphatic hydroxyl groups is 1. The summed E-state index contributed by atoms with van der Waals surface area (Å²) in [5.41, 5.74) is 2.10. The van der Waals surface area contributed by atoms with Gasteiger partial charge in [0.15, 0.2) is 0 Å². The summed E-state index contributed by atoms with van der Waals surface area (Å²) in [6.07, 6.45) is 0.780. The van der Waals surface area contributed by atoms with Crippen LogP contribution in [0.1, 0.15) is 23.6 Å². The molecule has 2 aromatic carbocycles. The van der Waals surface area contributed by atoms with Gasteiger partial charge in [-0.05, 0) is 37.1 Å². The minimum Gasteiger partial charge on any atom is -0.497 e. The van der Waals surface area contributed by atoms with E-state index in [4.69, 9.17) is 4.74 Å². The number of amides is 1. The molecule has 0 aliphatic rings. The number of hydrogen-bond acceptors (Lipinski definition) is 3. The number of carbonyl (C=O) groups excluding carboxylic acids is 1. The van der Waals surface area contributed by atoms with Crippen LogP contribution in [0.4, 0.5) is 0 Å². The molecular formula is C20H25NO3. The number of ether oxygens (including phenoxy) is 1. The Kier molecular flexibility index (Phi) is 5.99. The molecule has 0 aliphatic heterocycles. The van der Waals surface area contributed by atoms with Crippen LogP contribution in [0.5, 0.6) is 5.75 Å². The van der Waals surface area contributed by atoms with E-state index < -0.39 is 5.60 Å². The van der Waals surface area contributed by atoms with E-state index in [1.54, 1.807) is 14.0 Å². The van der Waals surface area contributed by atoms with Crippen LogP contribution in [0.2, 0.25) is 0 Å². The van der Waals surface area contributed by atoms with Crippen LogP contribution in [0.25, 0.3) is 0 Å². The van der Waals surface area contributed by atoms with Gasteiger partial charge >= 0.3 is 0 Å². The summed E-state index contributed by atoms with van der Waals surface area (Å²) in [5, 5.41) is 13.3. The summed E-state index contributed by atoms with van der Waals surface area (Å²) >= 11 is 0. The van der Waals surface area contributed by atoms with E-state index in [0.29, 0.717) is 12.8 Å². The zero-order valence-corrected chi connectivity index (χ0v) is 14.5. The molecule has 128 valence electrons. The zero-order chi connectivity index (χ0) is 17.6. The summed E-state index contributed by atoms with van der Waals surface area (Å²) in [4.78, 5) is 12.1. The molecule has 0 heterocycles. The van der Waals surface area contributed by atoms with Crippen LogP contribution in [0, 0.1) is 6.92 Å². The van der Waals surface area contributed by atoms with Gasteiger partial charge in [0.2, 0.25) is 5.91 Å². The van der Waals surface area contributed by atoms with Gasteiger partial charge in [0.1, 0.15) is 5.75 Å². The summed E-state index contributed by atoms with van der Waals surface area (Å²) < 4.78 is 5.12. The van der Waals surface area contributed by atoms with E-state index in [1.807, 2.05) is 55.5 Å². The second-order valence-corrected chi connectivity index (χ2v) is 6.46. The zero-order valence-electron chi connectivity index (χ0n) is 14.5. The van der Waals surface area contributed by atoms with Crippen molar-refractivity contribution in [1.82, 2.24) is 5.32 Å². The van der Waals surface area contributed by atoms with Crippen LogP contribution in [-0.2, 0) is 17.6 Å². The molecule has 0 spiro atoms. The van der Waals surface area contributed by atoms with Gasteiger partial charge in [0.05, 0.1) is 19.1 Å². The molecular weight excluding hydrogens is 302 g/mol. The second kappa shape index (κ2) is 7.97. The van der Waals surface area contributed by atoms with E-state index in [-0.39, 0.29) is 12.5 Å². The van der Waals surface area contributed by atoms with Gasteiger partial charge in [-0.1, -0.05) is 42.0 Å². The van der Waals surface area contributed by atoms with Crippen molar-refractivity contribution in [2.45, 2.75) is 32.3 Å². The standard InChI is InChI=1S/C20H25NO3/c1-15-5-4-6-17(11-15)12-19(22)21-14-20(2,23)13-16-7-9-18(24-3)10-8-16/h4-11,23H,12-14H2,1-3H3,(H,21,22). The fraction of sp³-hybridized carbons (Fsp3) is 0.350. The van der Waals surface area contributed by atoms with Gasteiger partial charge < -0.3 is 15.2 Å². The van der Waals surface area contributed by atoms with Crippen molar-refractivity contribution >= 4 is 5.91 Å². The lowest BCUT2D eigenvalue weighted by Gasteiger charge is -2.24. The molecule has 0 aliphatic carbocycles. The first-order chi connectivity index (χ1) is 11.4. The van der Waals surface area contributed by atoms with E-state index in [2.05, 4.69) is 5.32 Å². The molecule has 0 fully saturated rings. The lowest BCUT2D eigenvalue weighted by Crippen LogP contribution is -2.42. The lowest BCUT2D eigenvalue weighted by molar-refractivity contribution is -0.121. The average molecular weight is 327 g/mol. The van der Waals surface area contributed by atoms with Gasteiger partial charge in [0, 0.05) is 13.0 Å². The van der Waals surface area contributed by atoms with Gasteiger partial charge in [-0.15, -0.1) is 0 Å². The Hall–Kier alpha value is -2.33. The van der Waals surface area contributed by atoms with Crippen LogP contribution < -0.4 is 10.1 Å². The van der Waals surface area contributed by atoms with Gasteiger partial charge in [-0.25, -0.2) is 0 Å². The van der Waals surface area contributed by atoms with E-state index in [1.165, 1.54) is 0 Å². The molecule has 2 aromatic rings. The normalized spacial score (nSPS) is 13.2. The first-order valence-electron chi connectivity index (χ1n) is 8.05. The Labute approximate surface area is 143 Å². The number of methoxy groups -OCH3 is 1. The molecule has 4 heteroatoms. The predicted molar refractivity (Wildman–Crippen MR) is 95.2 cm³/mol. The number of carbonyl (C=O) groups is 1. The quantitative estimate of drug-likeness (QED) is 0.822. The number of rotatable bonds is 7. The highest BCUT2D eigenvalue weighted by Gasteiger charge is 2.22. The fourth-order valence-electron chi connectivity index (χ4n) is 2.60. The number of hydrogen-bond donors (Lipinski definition) is 2. The molecule has 2 N–H and O–H groups in total. The minimum absolute atomic E-state index is 0.0874. The maximum atomic E-state index is 12.1. The van der Waals surface area contributed by atoms with E-state index in [0.717, 1.165) is 22.4 Å². The molecule has 1 unspecified atom stereocenters. The topological polar surface area (TPSA) is 58.6 Å². The molecule has 0 aromatic heterocycles. The molecule has 0 bridgehead atoms. The van der Waals surface area contributed by atoms with Crippen molar-refractivity contribution in [1.29, 1.82) is 0 Å². The largest absolute Gasteiger partial charge is 0.497 e. The molecule has 0 radical (unpaired) electrons. The molecule has 0 saturated carbocycles. The fourth-order valence-corrected chi connectivity index (χ4v) is 2.60. The highest BCUT2D eigenvalue weighted by atomic mass is 16.5. The third-order valence-electron chi connectivity index (χ3n) is 3.86. The first kappa shape index (κ1) is 18.0. The maximum Gasteiger partial charge on any atom is 0.224 e. The number of benzene rings is 2. The Balaban J connectivity index is 1.85. The second-order valence-electron chi connectivity index (χ2n) is 6.46. The van der Waals surface area contributed by atoms with Gasteiger partial charge in [-0.3, -0.25) is 4.79 Å². The van der Waals surface area contributed by atoms with Crippen molar-refractivity contribution in [3.63, 3.8) is 0 Å². The first-order valence-corrected chi connectivity index (χ1v) is 8.05.